The Labute approximate surface area is 104 Å². The van der Waals surface area contributed by atoms with E-state index in [2.05, 4.69) is 26.0 Å². The van der Waals surface area contributed by atoms with E-state index in [0.29, 0.717) is 18.4 Å². The molecule has 0 aromatic heterocycles. The highest BCUT2D eigenvalue weighted by atomic mass is 16.3. The van der Waals surface area contributed by atoms with Crippen LogP contribution in [0.2, 0.25) is 0 Å². The lowest BCUT2D eigenvalue weighted by atomic mass is 9.87. The van der Waals surface area contributed by atoms with Crippen LogP contribution in [0.4, 0.5) is 0 Å². The molecule has 0 heterocycles. The molecule has 94 valence electrons. The summed E-state index contributed by atoms with van der Waals surface area (Å²) in [6, 6.07) is 8.31. The molecule has 0 radical (unpaired) electrons. The summed E-state index contributed by atoms with van der Waals surface area (Å²) in [6.45, 7) is 4.74. The zero-order valence-electron chi connectivity index (χ0n) is 10.8. The van der Waals surface area contributed by atoms with Gasteiger partial charge < -0.3 is 10.8 Å². The van der Waals surface area contributed by atoms with Crippen molar-refractivity contribution in [3.63, 3.8) is 0 Å². The quantitative estimate of drug-likeness (QED) is 0.820. The first kappa shape index (κ1) is 12.6. The number of nitrogens with two attached hydrogens (primary N) is 1. The molecule has 1 fully saturated rings. The summed E-state index contributed by atoms with van der Waals surface area (Å²) >= 11 is 0. The zero-order chi connectivity index (χ0) is 12.5. The highest BCUT2D eigenvalue weighted by Crippen LogP contribution is 2.45. The van der Waals surface area contributed by atoms with Gasteiger partial charge in [0.15, 0.2) is 0 Å². The Hall–Kier alpha value is -0.860. The van der Waals surface area contributed by atoms with E-state index in [4.69, 9.17) is 5.73 Å². The van der Waals surface area contributed by atoms with Gasteiger partial charge in [0.2, 0.25) is 0 Å². The monoisotopic (exact) mass is 233 g/mol. The number of hydrogen-bond donors (Lipinski definition) is 2. The molecule has 0 amide bonds. The molecule has 17 heavy (non-hydrogen) atoms. The van der Waals surface area contributed by atoms with Crippen molar-refractivity contribution in [1.29, 1.82) is 0 Å². The average Bonchev–Trinajstić information content (AvgIpc) is 3.11. The van der Waals surface area contributed by atoms with Crippen molar-refractivity contribution in [3.8, 4) is 0 Å². The lowest BCUT2D eigenvalue weighted by Crippen LogP contribution is -2.37. The number of hydrogen-bond acceptors (Lipinski definition) is 2. The number of aliphatic hydroxyl groups is 1. The normalized spacial score (nSPS) is 19.4. The van der Waals surface area contributed by atoms with E-state index in [0.717, 1.165) is 24.8 Å². The highest BCUT2D eigenvalue weighted by molar-refractivity contribution is 5.30. The van der Waals surface area contributed by atoms with Crippen molar-refractivity contribution >= 4 is 0 Å². The zero-order valence-corrected chi connectivity index (χ0v) is 10.8. The molecule has 0 spiro atoms. The van der Waals surface area contributed by atoms with Crippen LogP contribution in [0.3, 0.4) is 0 Å². The van der Waals surface area contributed by atoms with Gasteiger partial charge in [-0.1, -0.05) is 38.1 Å². The van der Waals surface area contributed by atoms with E-state index in [1.54, 1.807) is 0 Å². The lowest BCUT2D eigenvalue weighted by molar-refractivity contribution is 0.0221. The smallest absolute Gasteiger partial charge is 0.105 e. The Kier molecular flexibility index (Phi) is 3.55. The molecule has 1 aliphatic carbocycles. The summed E-state index contributed by atoms with van der Waals surface area (Å²) < 4.78 is 0. The molecule has 1 saturated carbocycles. The molecule has 2 rings (SSSR count). The average molecular weight is 233 g/mol. The van der Waals surface area contributed by atoms with Crippen LogP contribution < -0.4 is 5.73 Å². The van der Waals surface area contributed by atoms with Crippen LogP contribution in [0.5, 0.6) is 0 Å². The molecule has 2 heteroatoms. The van der Waals surface area contributed by atoms with Gasteiger partial charge in [0.05, 0.1) is 0 Å². The van der Waals surface area contributed by atoms with Crippen molar-refractivity contribution in [1.82, 2.24) is 0 Å². The fourth-order valence-corrected chi connectivity index (χ4v) is 2.52. The van der Waals surface area contributed by atoms with E-state index in [1.807, 2.05) is 12.1 Å². The van der Waals surface area contributed by atoms with E-state index in [9.17, 15) is 5.11 Å². The third-order valence-electron chi connectivity index (χ3n) is 3.63. The molecule has 0 saturated heterocycles. The molecular weight excluding hydrogens is 210 g/mol. The van der Waals surface area contributed by atoms with Crippen LogP contribution in [0.1, 0.15) is 37.8 Å². The molecular formula is C15H23NO. The summed E-state index contributed by atoms with van der Waals surface area (Å²) in [5.41, 5.74) is 7.28. The molecule has 1 unspecified atom stereocenters. The summed E-state index contributed by atoms with van der Waals surface area (Å²) in [4.78, 5) is 0. The Morgan fingerprint density at radius 3 is 2.65 bits per heavy atom. The van der Waals surface area contributed by atoms with Crippen molar-refractivity contribution < 1.29 is 5.11 Å². The first-order chi connectivity index (χ1) is 8.06. The van der Waals surface area contributed by atoms with Gasteiger partial charge in [0.25, 0.3) is 0 Å². The summed E-state index contributed by atoms with van der Waals surface area (Å²) in [5.74, 6) is 0.999. The third-order valence-corrected chi connectivity index (χ3v) is 3.63. The van der Waals surface area contributed by atoms with Crippen molar-refractivity contribution in [2.45, 2.75) is 38.7 Å². The van der Waals surface area contributed by atoms with E-state index in [-0.39, 0.29) is 0 Å². The predicted molar refractivity (Wildman–Crippen MR) is 70.7 cm³/mol. The lowest BCUT2D eigenvalue weighted by Gasteiger charge is -2.27. The van der Waals surface area contributed by atoms with Crippen molar-refractivity contribution in [3.05, 3.63) is 35.4 Å². The maximum Gasteiger partial charge on any atom is 0.105 e. The topological polar surface area (TPSA) is 46.2 Å². The first-order valence-electron chi connectivity index (χ1n) is 6.58. The van der Waals surface area contributed by atoms with Crippen LogP contribution in [-0.4, -0.2) is 11.7 Å². The van der Waals surface area contributed by atoms with Gasteiger partial charge in [-0.2, -0.15) is 0 Å². The van der Waals surface area contributed by atoms with Gasteiger partial charge >= 0.3 is 0 Å². The predicted octanol–water partition coefficient (Wildman–Crippen LogP) is 2.44. The van der Waals surface area contributed by atoms with Crippen LogP contribution >= 0.6 is 0 Å². The van der Waals surface area contributed by atoms with Gasteiger partial charge in [0.1, 0.15) is 5.60 Å². The second-order valence-electron chi connectivity index (χ2n) is 5.70. The number of rotatable bonds is 5. The number of benzene rings is 1. The Morgan fingerprint density at radius 1 is 1.41 bits per heavy atom. The molecule has 1 aliphatic rings. The molecule has 1 aromatic carbocycles. The molecule has 0 aliphatic heterocycles. The highest BCUT2D eigenvalue weighted by Gasteiger charge is 2.44. The second kappa shape index (κ2) is 4.79. The largest absolute Gasteiger partial charge is 0.384 e. The Balaban J connectivity index is 2.25. The van der Waals surface area contributed by atoms with Crippen LogP contribution in [-0.2, 0) is 12.0 Å². The Bertz CT molecular complexity index is 384. The van der Waals surface area contributed by atoms with Crippen LogP contribution in [0.25, 0.3) is 0 Å². The van der Waals surface area contributed by atoms with Crippen LogP contribution in [0.15, 0.2) is 24.3 Å². The maximum atomic E-state index is 10.7. The summed E-state index contributed by atoms with van der Waals surface area (Å²) in [7, 11) is 0. The van der Waals surface area contributed by atoms with Crippen LogP contribution in [0, 0.1) is 11.8 Å². The summed E-state index contributed by atoms with van der Waals surface area (Å²) in [6.07, 6.45) is 3.25. The molecule has 2 nitrogen and oxygen atoms in total. The fraction of sp³-hybridized carbons (Fsp3) is 0.600. The van der Waals surface area contributed by atoms with Gasteiger partial charge in [-0.25, -0.2) is 0 Å². The van der Waals surface area contributed by atoms with Crippen molar-refractivity contribution in [2.75, 3.05) is 6.54 Å². The molecule has 1 atom stereocenters. The van der Waals surface area contributed by atoms with Crippen molar-refractivity contribution in [2.24, 2.45) is 17.6 Å². The van der Waals surface area contributed by atoms with E-state index < -0.39 is 5.60 Å². The van der Waals surface area contributed by atoms with Gasteiger partial charge in [-0.05, 0) is 42.2 Å². The van der Waals surface area contributed by atoms with Gasteiger partial charge in [0, 0.05) is 6.54 Å². The van der Waals surface area contributed by atoms with Gasteiger partial charge in [-0.3, -0.25) is 0 Å². The maximum absolute atomic E-state index is 10.7. The first-order valence-corrected chi connectivity index (χ1v) is 6.58. The molecule has 3 N–H and O–H groups in total. The van der Waals surface area contributed by atoms with Gasteiger partial charge in [-0.15, -0.1) is 0 Å². The Morgan fingerprint density at radius 2 is 2.12 bits per heavy atom. The molecule has 0 bridgehead atoms. The SMILES string of the molecule is CC(C)Cc1cccc(C(O)(CN)C2CC2)c1. The van der Waals surface area contributed by atoms with E-state index in [1.165, 1.54) is 5.56 Å². The van der Waals surface area contributed by atoms with E-state index >= 15 is 0 Å². The minimum atomic E-state index is -0.799. The summed E-state index contributed by atoms with van der Waals surface area (Å²) in [5, 5.41) is 10.7. The fourth-order valence-electron chi connectivity index (χ4n) is 2.52. The standard InChI is InChI=1S/C15H23NO/c1-11(2)8-12-4-3-5-14(9-12)15(17,10-16)13-6-7-13/h3-5,9,11,13,17H,6-8,10,16H2,1-2H3. The second-order valence-corrected chi connectivity index (χ2v) is 5.70. The third kappa shape index (κ3) is 2.70. The minimum Gasteiger partial charge on any atom is -0.384 e. The molecule has 1 aromatic rings. The minimum absolute atomic E-state index is 0.322.